The van der Waals surface area contributed by atoms with Gasteiger partial charge < -0.3 is 5.73 Å². The van der Waals surface area contributed by atoms with Gasteiger partial charge in [0, 0.05) is 17.0 Å². The molecule has 0 bridgehead atoms. The fourth-order valence-corrected chi connectivity index (χ4v) is 2.70. The fraction of sp³-hybridized carbons (Fsp3) is 0.250. The highest BCUT2D eigenvalue weighted by atomic mass is 19.1. The minimum absolute atomic E-state index is 0.327. The van der Waals surface area contributed by atoms with Gasteiger partial charge in [0.2, 0.25) is 0 Å². The summed E-state index contributed by atoms with van der Waals surface area (Å²) < 4.78 is 14.9. The molecular formula is C16H15FN4. The average Bonchev–Trinajstić information content (AvgIpc) is 3.26. The molecule has 0 unspecified atom stereocenters. The number of fused-ring (bicyclic) bond motifs is 1. The topological polar surface area (TPSA) is 56.7 Å². The van der Waals surface area contributed by atoms with Crippen LogP contribution in [-0.2, 0) is 6.54 Å². The van der Waals surface area contributed by atoms with Crippen LogP contribution in [0.25, 0.3) is 10.9 Å². The van der Waals surface area contributed by atoms with Gasteiger partial charge in [-0.3, -0.25) is 9.67 Å². The molecule has 0 amide bonds. The summed E-state index contributed by atoms with van der Waals surface area (Å²) in [7, 11) is 0. The van der Waals surface area contributed by atoms with Crippen LogP contribution in [0.15, 0.2) is 36.5 Å². The highest BCUT2D eigenvalue weighted by Gasteiger charge is 2.29. The Morgan fingerprint density at radius 2 is 2.10 bits per heavy atom. The van der Waals surface area contributed by atoms with Gasteiger partial charge in [0.05, 0.1) is 29.6 Å². The molecule has 3 aromatic rings. The van der Waals surface area contributed by atoms with E-state index in [1.165, 1.54) is 25.1 Å². The van der Waals surface area contributed by atoms with Crippen molar-refractivity contribution in [1.29, 1.82) is 0 Å². The average molecular weight is 282 g/mol. The predicted molar refractivity (Wildman–Crippen MR) is 79.4 cm³/mol. The van der Waals surface area contributed by atoms with Crippen LogP contribution in [-0.4, -0.2) is 14.8 Å². The summed E-state index contributed by atoms with van der Waals surface area (Å²) >= 11 is 0. The number of nitrogen functional groups attached to an aromatic ring is 1. The van der Waals surface area contributed by atoms with Gasteiger partial charge in [0.1, 0.15) is 5.82 Å². The number of halogens is 1. The molecule has 0 spiro atoms. The van der Waals surface area contributed by atoms with E-state index in [1.807, 2.05) is 22.9 Å². The summed E-state index contributed by atoms with van der Waals surface area (Å²) in [6.45, 7) is 0.521. The zero-order valence-electron chi connectivity index (χ0n) is 11.5. The Labute approximate surface area is 121 Å². The summed E-state index contributed by atoms with van der Waals surface area (Å²) in [5, 5.41) is 5.79. The van der Waals surface area contributed by atoms with Gasteiger partial charge in [0.25, 0.3) is 0 Å². The minimum Gasteiger partial charge on any atom is -0.398 e. The Morgan fingerprint density at radius 3 is 2.81 bits per heavy atom. The molecule has 2 aromatic heterocycles. The summed E-state index contributed by atoms with van der Waals surface area (Å²) in [6, 6.07) is 8.98. The summed E-state index contributed by atoms with van der Waals surface area (Å²) in [5.41, 5.74) is 9.79. The standard InChI is InChI=1S/C16H15FN4/c17-11-6-7-12(19-8-11)9-21-14-3-1-2-13(18)15(14)16(20-21)10-4-5-10/h1-3,6-8,10H,4-5,9,18H2. The maximum absolute atomic E-state index is 12.9. The lowest BCUT2D eigenvalue weighted by Gasteiger charge is -2.03. The maximum atomic E-state index is 12.9. The number of benzene rings is 1. The third kappa shape index (κ3) is 2.14. The van der Waals surface area contributed by atoms with Crippen LogP contribution >= 0.6 is 0 Å². The quantitative estimate of drug-likeness (QED) is 0.751. The van der Waals surface area contributed by atoms with E-state index < -0.39 is 0 Å². The molecule has 0 aliphatic heterocycles. The first-order valence-corrected chi connectivity index (χ1v) is 7.08. The van der Waals surface area contributed by atoms with Crippen molar-refractivity contribution in [2.45, 2.75) is 25.3 Å². The molecule has 106 valence electrons. The number of nitrogens with zero attached hydrogens (tertiary/aromatic N) is 3. The molecule has 4 nitrogen and oxygen atoms in total. The number of nitrogens with two attached hydrogens (primary N) is 1. The Balaban J connectivity index is 1.81. The lowest BCUT2D eigenvalue weighted by atomic mass is 10.1. The first-order chi connectivity index (χ1) is 10.2. The largest absolute Gasteiger partial charge is 0.398 e. The molecular weight excluding hydrogens is 267 g/mol. The van der Waals surface area contributed by atoms with Crippen LogP contribution in [0, 0.1) is 5.82 Å². The van der Waals surface area contributed by atoms with Gasteiger partial charge >= 0.3 is 0 Å². The zero-order chi connectivity index (χ0) is 14.4. The van der Waals surface area contributed by atoms with Crippen LogP contribution in [0.1, 0.15) is 30.1 Å². The molecule has 0 saturated heterocycles. The Kier molecular flexibility index (Phi) is 2.67. The molecule has 1 aliphatic rings. The van der Waals surface area contributed by atoms with E-state index in [0.29, 0.717) is 12.5 Å². The van der Waals surface area contributed by atoms with Crippen molar-refractivity contribution in [3.8, 4) is 0 Å². The van der Waals surface area contributed by atoms with E-state index in [1.54, 1.807) is 6.07 Å². The molecule has 2 N–H and O–H groups in total. The predicted octanol–water partition coefficient (Wildman–Crippen LogP) is 3.08. The van der Waals surface area contributed by atoms with E-state index in [9.17, 15) is 4.39 Å². The highest BCUT2D eigenvalue weighted by molar-refractivity contribution is 5.93. The molecule has 4 rings (SSSR count). The van der Waals surface area contributed by atoms with Crippen molar-refractivity contribution >= 4 is 16.6 Å². The van der Waals surface area contributed by atoms with Gasteiger partial charge in [0.15, 0.2) is 0 Å². The van der Waals surface area contributed by atoms with E-state index in [4.69, 9.17) is 10.8 Å². The SMILES string of the molecule is Nc1cccc2c1c(C1CC1)nn2Cc1ccc(F)cn1. The van der Waals surface area contributed by atoms with Gasteiger partial charge in [-0.2, -0.15) is 5.10 Å². The molecule has 1 aromatic carbocycles. The number of rotatable bonds is 3. The first-order valence-electron chi connectivity index (χ1n) is 7.08. The molecule has 0 radical (unpaired) electrons. The first kappa shape index (κ1) is 12.3. The maximum Gasteiger partial charge on any atom is 0.141 e. The van der Waals surface area contributed by atoms with Crippen molar-refractivity contribution in [2.24, 2.45) is 0 Å². The Morgan fingerprint density at radius 1 is 1.24 bits per heavy atom. The third-order valence-electron chi connectivity index (χ3n) is 3.90. The lowest BCUT2D eigenvalue weighted by molar-refractivity contribution is 0.614. The minimum atomic E-state index is -0.327. The molecule has 1 fully saturated rings. The second kappa shape index (κ2) is 4.55. The normalized spacial score (nSPS) is 14.7. The van der Waals surface area contributed by atoms with Crippen molar-refractivity contribution in [2.75, 3.05) is 5.73 Å². The van der Waals surface area contributed by atoms with Gasteiger partial charge in [-0.05, 0) is 37.1 Å². The number of aromatic nitrogens is 3. The summed E-state index contributed by atoms with van der Waals surface area (Å²) in [4.78, 5) is 4.11. The molecule has 1 saturated carbocycles. The summed E-state index contributed by atoms with van der Waals surface area (Å²) in [5.74, 6) is 0.201. The lowest BCUT2D eigenvalue weighted by Crippen LogP contribution is -2.04. The molecule has 0 atom stereocenters. The molecule has 5 heteroatoms. The van der Waals surface area contributed by atoms with Gasteiger partial charge in [-0.15, -0.1) is 0 Å². The molecule has 2 heterocycles. The van der Waals surface area contributed by atoms with E-state index in [2.05, 4.69) is 4.98 Å². The van der Waals surface area contributed by atoms with Crippen LogP contribution in [0.5, 0.6) is 0 Å². The Bertz CT molecular complexity index is 803. The van der Waals surface area contributed by atoms with E-state index in [0.717, 1.165) is 28.0 Å². The molecule has 1 aliphatic carbocycles. The van der Waals surface area contributed by atoms with Crippen LogP contribution < -0.4 is 5.73 Å². The Hall–Kier alpha value is -2.43. The van der Waals surface area contributed by atoms with Gasteiger partial charge in [-0.1, -0.05) is 6.07 Å². The zero-order valence-corrected chi connectivity index (χ0v) is 11.5. The number of hydrogen-bond donors (Lipinski definition) is 1. The fourth-order valence-electron chi connectivity index (χ4n) is 2.70. The van der Waals surface area contributed by atoms with E-state index in [-0.39, 0.29) is 5.82 Å². The van der Waals surface area contributed by atoms with Crippen molar-refractivity contribution in [3.63, 3.8) is 0 Å². The number of pyridine rings is 1. The second-order valence-electron chi connectivity index (χ2n) is 5.53. The monoisotopic (exact) mass is 282 g/mol. The van der Waals surface area contributed by atoms with Crippen LogP contribution in [0.4, 0.5) is 10.1 Å². The number of hydrogen-bond acceptors (Lipinski definition) is 3. The second-order valence-corrected chi connectivity index (χ2v) is 5.53. The summed E-state index contributed by atoms with van der Waals surface area (Å²) in [6.07, 6.45) is 3.58. The van der Waals surface area contributed by atoms with Crippen LogP contribution in [0.2, 0.25) is 0 Å². The van der Waals surface area contributed by atoms with Gasteiger partial charge in [-0.25, -0.2) is 4.39 Å². The third-order valence-corrected chi connectivity index (χ3v) is 3.90. The smallest absolute Gasteiger partial charge is 0.141 e. The van der Waals surface area contributed by atoms with Crippen LogP contribution in [0.3, 0.4) is 0 Å². The van der Waals surface area contributed by atoms with E-state index >= 15 is 0 Å². The van der Waals surface area contributed by atoms with Crippen molar-refractivity contribution in [1.82, 2.24) is 14.8 Å². The highest BCUT2D eigenvalue weighted by Crippen LogP contribution is 2.43. The van der Waals surface area contributed by atoms with Crippen molar-refractivity contribution < 1.29 is 4.39 Å². The molecule has 21 heavy (non-hydrogen) atoms. The number of anilines is 1. The van der Waals surface area contributed by atoms with Crippen molar-refractivity contribution in [3.05, 3.63) is 53.7 Å².